The Balaban J connectivity index is 2.21. The number of hydrogen-bond acceptors (Lipinski definition) is 2. The van der Waals surface area contributed by atoms with E-state index in [0.717, 1.165) is 22.3 Å². The van der Waals surface area contributed by atoms with Gasteiger partial charge in [-0.05, 0) is 42.8 Å². The maximum atomic E-state index is 8.94. The number of hydrogen-bond donors (Lipinski definition) is 0. The molecule has 0 aliphatic carbocycles. The van der Waals surface area contributed by atoms with E-state index in [0.29, 0.717) is 5.56 Å². The van der Waals surface area contributed by atoms with E-state index >= 15 is 0 Å². The molecule has 2 aromatic carbocycles. The van der Waals surface area contributed by atoms with Gasteiger partial charge in [-0.1, -0.05) is 12.1 Å². The number of nitriles is 1. The lowest BCUT2D eigenvalue weighted by Crippen LogP contribution is -1.93. The van der Waals surface area contributed by atoms with Crippen LogP contribution >= 0.6 is 0 Å². The van der Waals surface area contributed by atoms with E-state index in [9.17, 15) is 0 Å². The highest BCUT2D eigenvalue weighted by Gasteiger charge is 2.05. The average molecular weight is 233 g/mol. The molecule has 18 heavy (non-hydrogen) atoms. The van der Waals surface area contributed by atoms with Gasteiger partial charge >= 0.3 is 0 Å². The van der Waals surface area contributed by atoms with Gasteiger partial charge in [-0.2, -0.15) is 5.26 Å². The molecule has 0 unspecified atom stereocenters. The maximum absolute atomic E-state index is 8.94. The third-order valence-electron chi connectivity index (χ3n) is 3.06. The number of imidazole rings is 1. The first-order valence-electron chi connectivity index (χ1n) is 5.73. The molecule has 0 aliphatic rings. The first-order valence-corrected chi connectivity index (χ1v) is 5.73. The molecule has 0 N–H and O–H groups in total. The molecule has 1 aromatic heterocycles. The molecule has 0 bridgehead atoms. The fourth-order valence-corrected chi connectivity index (χ4v) is 2.09. The minimum atomic E-state index is 0.711. The normalized spacial score (nSPS) is 10.4. The van der Waals surface area contributed by atoms with Crippen LogP contribution in [0.2, 0.25) is 0 Å². The average Bonchev–Trinajstić information content (AvgIpc) is 2.82. The van der Waals surface area contributed by atoms with Gasteiger partial charge in [0, 0.05) is 5.69 Å². The number of fused-ring (bicyclic) bond motifs is 1. The largest absolute Gasteiger partial charge is 0.299 e. The van der Waals surface area contributed by atoms with E-state index in [1.807, 2.05) is 60.3 Å². The highest BCUT2D eigenvalue weighted by molar-refractivity contribution is 5.77. The minimum Gasteiger partial charge on any atom is -0.299 e. The molecule has 3 nitrogen and oxygen atoms in total. The zero-order chi connectivity index (χ0) is 12.5. The van der Waals surface area contributed by atoms with Gasteiger partial charge in [0.05, 0.1) is 22.7 Å². The Hall–Kier alpha value is -2.60. The molecule has 0 spiro atoms. The van der Waals surface area contributed by atoms with E-state index < -0.39 is 0 Å². The Morgan fingerprint density at radius 3 is 2.78 bits per heavy atom. The van der Waals surface area contributed by atoms with Crippen LogP contribution in [0.15, 0.2) is 48.8 Å². The molecule has 0 aliphatic heterocycles. The molecular formula is C15H11N3. The van der Waals surface area contributed by atoms with E-state index in [-0.39, 0.29) is 0 Å². The van der Waals surface area contributed by atoms with Crippen LogP contribution in [0.25, 0.3) is 16.7 Å². The number of nitrogens with zero attached hydrogens (tertiary/aromatic N) is 3. The van der Waals surface area contributed by atoms with Gasteiger partial charge in [0.1, 0.15) is 6.33 Å². The molecule has 0 amide bonds. The second-order valence-electron chi connectivity index (χ2n) is 4.21. The SMILES string of the molecule is Cc1cc(-n2cnc3ccccc32)ccc1C#N. The topological polar surface area (TPSA) is 41.6 Å². The second-order valence-corrected chi connectivity index (χ2v) is 4.21. The van der Waals surface area contributed by atoms with Crippen molar-refractivity contribution in [3.63, 3.8) is 0 Å². The van der Waals surface area contributed by atoms with Gasteiger partial charge in [0.2, 0.25) is 0 Å². The van der Waals surface area contributed by atoms with Gasteiger partial charge in [-0.15, -0.1) is 0 Å². The lowest BCUT2D eigenvalue weighted by atomic mass is 10.1. The summed E-state index contributed by atoms with van der Waals surface area (Å²) >= 11 is 0. The zero-order valence-electron chi connectivity index (χ0n) is 9.96. The summed E-state index contributed by atoms with van der Waals surface area (Å²) in [6, 6.07) is 16.0. The number of aromatic nitrogens is 2. The lowest BCUT2D eigenvalue weighted by Gasteiger charge is -2.06. The molecule has 0 saturated carbocycles. The Bertz CT molecular complexity index is 763. The van der Waals surface area contributed by atoms with Crippen molar-refractivity contribution < 1.29 is 0 Å². The summed E-state index contributed by atoms with van der Waals surface area (Å²) in [5.41, 5.74) is 4.76. The van der Waals surface area contributed by atoms with Crippen LogP contribution in [-0.2, 0) is 0 Å². The Labute approximate surface area is 105 Å². The molecule has 3 heteroatoms. The molecular weight excluding hydrogens is 222 g/mol. The molecule has 0 atom stereocenters. The third-order valence-corrected chi connectivity index (χ3v) is 3.06. The summed E-state index contributed by atoms with van der Waals surface area (Å²) in [6.45, 7) is 1.95. The fourth-order valence-electron chi connectivity index (χ4n) is 2.09. The molecule has 0 saturated heterocycles. The number of para-hydroxylation sites is 2. The summed E-state index contributed by atoms with van der Waals surface area (Å²) in [4.78, 5) is 4.37. The van der Waals surface area contributed by atoms with Crippen molar-refractivity contribution in [3.8, 4) is 11.8 Å². The Morgan fingerprint density at radius 2 is 2.00 bits per heavy atom. The first-order chi connectivity index (χ1) is 8.79. The van der Waals surface area contributed by atoms with E-state index in [4.69, 9.17) is 5.26 Å². The van der Waals surface area contributed by atoms with Gasteiger partial charge < -0.3 is 0 Å². The summed E-state index contributed by atoms with van der Waals surface area (Å²) in [6.07, 6.45) is 1.81. The Morgan fingerprint density at radius 1 is 1.17 bits per heavy atom. The van der Waals surface area contributed by atoms with E-state index in [1.54, 1.807) is 0 Å². The van der Waals surface area contributed by atoms with Crippen molar-refractivity contribution >= 4 is 11.0 Å². The first kappa shape index (κ1) is 10.5. The van der Waals surface area contributed by atoms with Crippen molar-refractivity contribution in [2.24, 2.45) is 0 Å². The van der Waals surface area contributed by atoms with Crippen molar-refractivity contribution in [1.82, 2.24) is 9.55 Å². The van der Waals surface area contributed by atoms with Crippen LogP contribution in [-0.4, -0.2) is 9.55 Å². The van der Waals surface area contributed by atoms with Crippen LogP contribution < -0.4 is 0 Å². The minimum absolute atomic E-state index is 0.711. The highest BCUT2D eigenvalue weighted by Crippen LogP contribution is 2.19. The van der Waals surface area contributed by atoms with Crippen LogP contribution in [0, 0.1) is 18.3 Å². The van der Waals surface area contributed by atoms with Gasteiger partial charge in [-0.3, -0.25) is 4.57 Å². The maximum Gasteiger partial charge on any atom is 0.100 e. The third kappa shape index (κ3) is 1.56. The van der Waals surface area contributed by atoms with Crippen LogP contribution in [0.5, 0.6) is 0 Å². The summed E-state index contributed by atoms with van der Waals surface area (Å²) in [7, 11) is 0. The van der Waals surface area contributed by atoms with Gasteiger partial charge in [-0.25, -0.2) is 4.98 Å². The fraction of sp³-hybridized carbons (Fsp3) is 0.0667. The molecule has 0 fully saturated rings. The zero-order valence-corrected chi connectivity index (χ0v) is 9.96. The summed E-state index contributed by atoms with van der Waals surface area (Å²) < 4.78 is 2.03. The highest BCUT2D eigenvalue weighted by atomic mass is 15.0. The quantitative estimate of drug-likeness (QED) is 0.647. The number of benzene rings is 2. The monoisotopic (exact) mass is 233 g/mol. The van der Waals surface area contributed by atoms with Crippen LogP contribution in [0.3, 0.4) is 0 Å². The van der Waals surface area contributed by atoms with Crippen LogP contribution in [0.1, 0.15) is 11.1 Å². The second kappa shape index (κ2) is 4.01. The van der Waals surface area contributed by atoms with E-state index in [1.165, 1.54) is 0 Å². The molecule has 3 aromatic rings. The Kier molecular flexibility index (Phi) is 2.35. The van der Waals surface area contributed by atoms with Crippen molar-refractivity contribution in [2.75, 3.05) is 0 Å². The summed E-state index contributed by atoms with van der Waals surface area (Å²) in [5, 5.41) is 8.94. The van der Waals surface area contributed by atoms with Gasteiger partial charge in [0.15, 0.2) is 0 Å². The standard InChI is InChI=1S/C15H11N3/c1-11-8-13(7-6-12(11)9-16)18-10-17-14-4-2-3-5-15(14)18/h2-8,10H,1H3. The van der Waals surface area contributed by atoms with Crippen LogP contribution in [0.4, 0.5) is 0 Å². The predicted molar refractivity (Wildman–Crippen MR) is 70.5 cm³/mol. The number of rotatable bonds is 1. The molecule has 86 valence electrons. The smallest absolute Gasteiger partial charge is 0.100 e. The predicted octanol–water partition coefficient (Wildman–Crippen LogP) is 3.21. The van der Waals surface area contributed by atoms with Crippen molar-refractivity contribution in [3.05, 3.63) is 59.9 Å². The molecule has 1 heterocycles. The molecule has 0 radical (unpaired) electrons. The number of aryl methyl sites for hydroxylation is 1. The molecule has 3 rings (SSSR count). The van der Waals surface area contributed by atoms with Crippen molar-refractivity contribution in [1.29, 1.82) is 5.26 Å². The van der Waals surface area contributed by atoms with Gasteiger partial charge in [0.25, 0.3) is 0 Å². The van der Waals surface area contributed by atoms with Crippen molar-refractivity contribution in [2.45, 2.75) is 6.92 Å². The lowest BCUT2D eigenvalue weighted by molar-refractivity contribution is 1.09. The van der Waals surface area contributed by atoms with E-state index in [2.05, 4.69) is 11.1 Å². The summed E-state index contributed by atoms with van der Waals surface area (Å²) in [5.74, 6) is 0.